The SMILES string of the molecule is CC(NCc1ccoc1)c1ccc2c(c1)CCC2. The Labute approximate surface area is 108 Å². The molecule has 1 aliphatic rings. The van der Waals surface area contributed by atoms with Gasteiger partial charge in [-0.05, 0) is 48.9 Å². The molecule has 0 bridgehead atoms. The van der Waals surface area contributed by atoms with Crippen molar-refractivity contribution in [1.82, 2.24) is 5.32 Å². The van der Waals surface area contributed by atoms with Gasteiger partial charge in [-0.1, -0.05) is 18.2 Å². The largest absolute Gasteiger partial charge is 0.472 e. The fourth-order valence-electron chi connectivity index (χ4n) is 2.64. The predicted molar refractivity (Wildman–Crippen MR) is 72.4 cm³/mol. The molecule has 1 unspecified atom stereocenters. The van der Waals surface area contributed by atoms with Gasteiger partial charge in [0.15, 0.2) is 0 Å². The molecule has 2 aromatic rings. The number of hydrogen-bond acceptors (Lipinski definition) is 2. The molecule has 1 aliphatic carbocycles. The molecule has 2 nitrogen and oxygen atoms in total. The molecular formula is C16H19NO. The quantitative estimate of drug-likeness (QED) is 0.884. The van der Waals surface area contributed by atoms with Gasteiger partial charge in [0.25, 0.3) is 0 Å². The van der Waals surface area contributed by atoms with Crippen LogP contribution in [0.5, 0.6) is 0 Å². The molecule has 1 aromatic heterocycles. The van der Waals surface area contributed by atoms with Crippen molar-refractivity contribution in [2.75, 3.05) is 0 Å². The smallest absolute Gasteiger partial charge is 0.0947 e. The average Bonchev–Trinajstić information content (AvgIpc) is 3.05. The molecule has 0 spiro atoms. The maximum absolute atomic E-state index is 5.07. The van der Waals surface area contributed by atoms with Crippen molar-refractivity contribution in [1.29, 1.82) is 0 Å². The van der Waals surface area contributed by atoms with Crippen LogP contribution >= 0.6 is 0 Å². The Morgan fingerprint density at radius 1 is 1.22 bits per heavy atom. The van der Waals surface area contributed by atoms with E-state index in [0.717, 1.165) is 6.54 Å². The Kier molecular flexibility index (Phi) is 3.20. The van der Waals surface area contributed by atoms with Gasteiger partial charge >= 0.3 is 0 Å². The molecule has 2 heteroatoms. The van der Waals surface area contributed by atoms with Crippen LogP contribution in [0.1, 0.15) is 41.6 Å². The zero-order valence-corrected chi connectivity index (χ0v) is 10.8. The number of nitrogens with one attached hydrogen (secondary N) is 1. The minimum atomic E-state index is 0.380. The molecule has 94 valence electrons. The number of aryl methyl sites for hydroxylation is 2. The van der Waals surface area contributed by atoms with E-state index in [2.05, 4.69) is 30.4 Å². The molecule has 0 fully saturated rings. The Hall–Kier alpha value is -1.54. The highest BCUT2D eigenvalue weighted by Crippen LogP contribution is 2.25. The summed E-state index contributed by atoms with van der Waals surface area (Å²) in [6, 6.07) is 9.31. The average molecular weight is 241 g/mol. The third kappa shape index (κ3) is 2.34. The highest BCUT2D eigenvalue weighted by molar-refractivity contribution is 5.36. The molecule has 0 radical (unpaired) electrons. The molecule has 0 aliphatic heterocycles. The first-order chi connectivity index (χ1) is 8.83. The van der Waals surface area contributed by atoms with Crippen molar-refractivity contribution in [2.45, 2.75) is 38.8 Å². The molecule has 1 N–H and O–H groups in total. The molecule has 1 atom stereocenters. The lowest BCUT2D eigenvalue weighted by molar-refractivity contribution is 0.546. The summed E-state index contributed by atoms with van der Waals surface area (Å²) < 4.78 is 5.07. The fraction of sp³-hybridized carbons (Fsp3) is 0.375. The molecule has 3 rings (SSSR count). The first kappa shape index (κ1) is 11.5. The monoisotopic (exact) mass is 241 g/mol. The summed E-state index contributed by atoms with van der Waals surface area (Å²) in [6.45, 7) is 3.07. The van der Waals surface area contributed by atoms with Crippen LogP contribution in [0.25, 0.3) is 0 Å². The molecule has 0 saturated heterocycles. The third-order valence-electron chi connectivity index (χ3n) is 3.82. The second-order valence-corrected chi connectivity index (χ2v) is 5.12. The maximum atomic E-state index is 5.07. The minimum absolute atomic E-state index is 0.380. The van der Waals surface area contributed by atoms with Crippen LogP contribution in [0.2, 0.25) is 0 Å². The zero-order valence-electron chi connectivity index (χ0n) is 10.8. The molecule has 1 aromatic carbocycles. The molecule has 0 amide bonds. The number of fused-ring (bicyclic) bond motifs is 1. The second kappa shape index (κ2) is 4.99. The van der Waals surface area contributed by atoms with Crippen molar-refractivity contribution in [2.24, 2.45) is 0 Å². The summed E-state index contributed by atoms with van der Waals surface area (Å²) in [7, 11) is 0. The number of furan rings is 1. The van der Waals surface area contributed by atoms with Gasteiger partial charge in [-0.25, -0.2) is 0 Å². The summed E-state index contributed by atoms with van der Waals surface area (Å²) in [5.74, 6) is 0. The van der Waals surface area contributed by atoms with Crippen LogP contribution in [0.15, 0.2) is 41.2 Å². The zero-order chi connectivity index (χ0) is 12.4. The van der Waals surface area contributed by atoms with Crippen LogP contribution in [0.4, 0.5) is 0 Å². The van der Waals surface area contributed by atoms with Crippen LogP contribution in [-0.4, -0.2) is 0 Å². The standard InChI is InChI=1S/C16H19NO/c1-12(17-10-13-7-8-18-11-13)15-6-5-14-3-2-4-16(14)9-15/h5-9,11-12,17H,2-4,10H2,1H3. The van der Waals surface area contributed by atoms with Gasteiger partial charge in [-0.15, -0.1) is 0 Å². The predicted octanol–water partition coefficient (Wildman–Crippen LogP) is 3.62. The lowest BCUT2D eigenvalue weighted by Crippen LogP contribution is -2.17. The Bertz CT molecular complexity index is 516. The Balaban J connectivity index is 1.67. The minimum Gasteiger partial charge on any atom is -0.472 e. The Morgan fingerprint density at radius 2 is 2.11 bits per heavy atom. The van der Waals surface area contributed by atoms with Crippen LogP contribution in [0.3, 0.4) is 0 Å². The summed E-state index contributed by atoms with van der Waals surface area (Å²) in [4.78, 5) is 0. The van der Waals surface area contributed by atoms with E-state index in [1.807, 2.05) is 6.07 Å². The van der Waals surface area contributed by atoms with E-state index in [1.165, 1.54) is 30.4 Å². The summed E-state index contributed by atoms with van der Waals surface area (Å²) in [5.41, 5.74) is 5.67. The normalized spacial score (nSPS) is 15.6. The van der Waals surface area contributed by atoms with Gasteiger partial charge in [0.05, 0.1) is 12.5 Å². The fourth-order valence-corrected chi connectivity index (χ4v) is 2.64. The topological polar surface area (TPSA) is 25.2 Å². The van der Waals surface area contributed by atoms with Crippen molar-refractivity contribution < 1.29 is 4.42 Å². The summed E-state index contributed by atoms with van der Waals surface area (Å²) in [5, 5.41) is 3.53. The van der Waals surface area contributed by atoms with Crippen molar-refractivity contribution >= 4 is 0 Å². The number of benzene rings is 1. The van der Waals surface area contributed by atoms with Crippen LogP contribution < -0.4 is 5.32 Å². The van der Waals surface area contributed by atoms with Crippen molar-refractivity contribution in [3.05, 3.63) is 59.0 Å². The van der Waals surface area contributed by atoms with E-state index in [1.54, 1.807) is 23.7 Å². The summed E-state index contributed by atoms with van der Waals surface area (Å²) >= 11 is 0. The molecule has 0 saturated carbocycles. The van der Waals surface area contributed by atoms with Crippen molar-refractivity contribution in [3.63, 3.8) is 0 Å². The Morgan fingerprint density at radius 3 is 2.94 bits per heavy atom. The molecule has 1 heterocycles. The van der Waals surface area contributed by atoms with Gasteiger partial charge < -0.3 is 9.73 Å². The van der Waals surface area contributed by atoms with Gasteiger partial charge in [-0.3, -0.25) is 0 Å². The van der Waals surface area contributed by atoms with E-state index in [-0.39, 0.29) is 0 Å². The lowest BCUT2D eigenvalue weighted by atomic mass is 10.0. The van der Waals surface area contributed by atoms with E-state index in [9.17, 15) is 0 Å². The third-order valence-corrected chi connectivity index (χ3v) is 3.82. The molecule has 18 heavy (non-hydrogen) atoms. The van der Waals surface area contributed by atoms with Crippen molar-refractivity contribution in [3.8, 4) is 0 Å². The van der Waals surface area contributed by atoms with Gasteiger partial charge in [0.1, 0.15) is 0 Å². The van der Waals surface area contributed by atoms with Gasteiger partial charge in [0.2, 0.25) is 0 Å². The van der Waals surface area contributed by atoms with E-state index in [4.69, 9.17) is 4.42 Å². The second-order valence-electron chi connectivity index (χ2n) is 5.12. The first-order valence-electron chi connectivity index (χ1n) is 6.69. The van der Waals surface area contributed by atoms with E-state index in [0.29, 0.717) is 6.04 Å². The summed E-state index contributed by atoms with van der Waals surface area (Å²) in [6.07, 6.45) is 7.33. The van der Waals surface area contributed by atoms with E-state index < -0.39 is 0 Å². The maximum Gasteiger partial charge on any atom is 0.0947 e. The highest BCUT2D eigenvalue weighted by atomic mass is 16.3. The lowest BCUT2D eigenvalue weighted by Gasteiger charge is -2.15. The number of rotatable bonds is 4. The highest BCUT2D eigenvalue weighted by Gasteiger charge is 2.13. The van der Waals surface area contributed by atoms with Crippen LogP contribution in [0, 0.1) is 0 Å². The van der Waals surface area contributed by atoms with Crippen LogP contribution in [-0.2, 0) is 19.4 Å². The van der Waals surface area contributed by atoms with Gasteiger partial charge in [0, 0.05) is 18.2 Å². The van der Waals surface area contributed by atoms with Gasteiger partial charge in [-0.2, -0.15) is 0 Å². The van der Waals surface area contributed by atoms with E-state index >= 15 is 0 Å². The first-order valence-corrected chi connectivity index (χ1v) is 6.69. The molecular weight excluding hydrogens is 222 g/mol. The number of hydrogen-bond donors (Lipinski definition) is 1.